The van der Waals surface area contributed by atoms with Gasteiger partial charge in [-0.25, -0.2) is 4.98 Å². The second-order valence-electron chi connectivity index (χ2n) is 4.21. The van der Waals surface area contributed by atoms with Crippen molar-refractivity contribution in [1.82, 2.24) is 4.98 Å². The number of pyridine rings is 1. The normalized spacial score (nSPS) is 15.2. The van der Waals surface area contributed by atoms with E-state index in [2.05, 4.69) is 4.98 Å². The van der Waals surface area contributed by atoms with Crippen LogP contribution < -0.4 is 4.90 Å². The summed E-state index contributed by atoms with van der Waals surface area (Å²) in [6, 6.07) is 4.36. The summed E-state index contributed by atoms with van der Waals surface area (Å²) in [5.41, 5.74) is -0.727. The van der Waals surface area contributed by atoms with E-state index in [1.165, 1.54) is 12.3 Å². The quantitative estimate of drug-likeness (QED) is 0.830. The molecular weight excluding hydrogens is 243 g/mol. The number of hydrogen-bond donors (Lipinski definition) is 0. The molecule has 1 aliphatic rings. The molecule has 18 heavy (non-hydrogen) atoms. The van der Waals surface area contributed by atoms with Gasteiger partial charge in [-0.2, -0.15) is 18.4 Å². The fourth-order valence-corrected chi connectivity index (χ4v) is 1.87. The van der Waals surface area contributed by atoms with Crippen molar-refractivity contribution in [3.63, 3.8) is 0 Å². The lowest BCUT2D eigenvalue weighted by Gasteiger charge is -2.25. The summed E-state index contributed by atoms with van der Waals surface area (Å²) in [7, 11) is 0. The molecule has 0 saturated heterocycles. The minimum absolute atomic E-state index is 0.0530. The zero-order valence-electron chi connectivity index (χ0n) is 9.61. The molecule has 0 aromatic carbocycles. The Labute approximate surface area is 103 Å². The molecule has 1 aliphatic carbocycles. The molecule has 96 valence electrons. The average molecular weight is 255 g/mol. The van der Waals surface area contributed by atoms with Crippen LogP contribution in [0.25, 0.3) is 0 Å². The fraction of sp³-hybridized carbons (Fsp3) is 0.500. The molecule has 6 heteroatoms. The van der Waals surface area contributed by atoms with Crippen molar-refractivity contribution < 1.29 is 13.2 Å². The SMILES string of the molecule is N#CCCN(c1ncccc1C(F)(F)F)C1CC1. The van der Waals surface area contributed by atoms with E-state index in [0.29, 0.717) is 6.54 Å². The van der Waals surface area contributed by atoms with Gasteiger partial charge in [-0.15, -0.1) is 0 Å². The van der Waals surface area contributed by atoms with Crippen LogP contribution in [0.5, 0.6) is 0 Å². The number of halogens is 3. The number of rotatable bonds is 4. The smallest absolute Gasteiger partial charge is 0.352 e. The van der Waals surface area contributed by atoms with E-state index in [1.807, 2.05) is 6.07 Å². The average Bonchev–Trinajstić information content (AvgIpc) is 3.13. The van der Waals surface area contributed by atoms with Crippen LogP contribution in [0, 0.1) is 11.3 Å². The van der Waals surface area contributed by atoms with E-state index in [4.69, 9.17) is 5.26 Å². The Morgan fingerprint density at radius 1 is 1.44 bits per heavy atom. The molecule has 1 aromatic rings. The summed E-state index contributed by atoms with van der Waals surface area (Å²) in [5.74, 6) is -0.0530. The summed E-state index contributed by atoms with van der Waals surface area (Å²) in [6.07, 6.45) is -1.14. The first-order valence-corrected chi connectivity index (χ1v) is 5.70. The molecule has 0 bridgehead atoms. The molecule has 1 heterocycles. The van der Waals surface area contributed by atoms with Gasteiger partial charge in [-0.1, -0.05) is 0 Å². The molecule has 3 nitrogen and oxygen atoms in total. The molecule has 1 aromatic heterocycles. The van der Waals surface area contributed by atoms with Crippen LogP contribution in [0.2, 0.25) is 0 Å². The zero-order valence-corrected chi connectivity index (χ0v) is 9.61. The summed E-state index contributed by atoms with van der Waals surface area (Å²) in [6.45, 7) is 0.293. The van der Waals surface area contributed by atoms with Gasteiger partial charge in [0.1, 0.15) is 5.82 Å². The monoisotopic (exact) mass is 255 g/mol. The number of anilines is 1. The number of alkyl halides is 3. The maximum atomic E-state index is 12.9. The summed E-state index contributed by atoms with van der Waals surface area (Å²) in [4.78, 5) is 5.46. The first kappa shape index (κ1) is 12.7. The summed E-state index contributed by atoms with van der Waals surface area (Å²) < 4.78 is 38.6. The van der Waals surface area contributed by atoms with Crippen LogP contribution in [0.1, 0.15) is 24.8 Å². The second-order valence-corrected chi connectivity index (χ2v) is 4.21. The molecule has 1 saturated carbocycles. The van der Waals surface area contributed by atoms with E-state index in [-0.39, 0.29) is 18.3 Å². The number of hydrogen-bond acceptors (Lipinski definition) is 3. The molecular formula is C12H12F3N3. The highest BCUT2D eigenvalue weighted by Crippen LogP contribution is 2.39. The Balaban J connectivity index is 2.32. The molecule has 0 unspecified atom stereocenters. The predicted molar refractivity (Wildman–Crippen MR) is 59.8 cm³/mol. The highest BCUT2D eigenvalue weighted by molar-refractivity contribution is 5.50. The van der Waals surface area contributed by atoms with E-state index in [1.54, 1.807) is 4.90 Å². The molecule has 0 amide bonds. The van der Waals surface area contributed by atoms with Crippen molar-refractivity contribution in [3.05, 3.63) is 23.9 Å². The summed E-state index contributed by atoms with van der Waals surface area (Å²) in [5, 5.41) is 8.57. The van der Waals surface area contributed by atoms with Crippen LogP contribution >= 0.6 is 0 Å². The van der Waals surface area contributed by atoms with Gasteiger partial charge in [-0.3, -0.25) is 0 Å². The van der Waals surface area contributed by atoms with Crippen molar-refractivity contribution in [3.8, 4) is 6.07 Å². The zero-order chi connectivity index (χ0) is 13.2. The molecule has 0 spiro atoms. The van der Waals surface area contributed by atoms with Gasteiger partial charge in [0, 0.05) is 18.8 Å². The van der Waals surface area contributed by atoms with Gasteiger partial charge in [-0.05, 0) is 25.0 Å². The molecule has 2 rings (SSSR count). The number of aromatic nitrogens is 1. The van der Waals surface area contributed by atoms with Gasteiger partial charge in [0.15, 0.2) is 0 Å². The Kier molecular flexibility index (Phi) is 3.41. The summed E-state index contributed by atoms with van der Waals surface area (Å²) >= 11 is 0. The second kappa shape index (κ2) is 4.84. The van der Waals surface area contributed by atoms with Gasteiger partial charge < -0.3 is 4.90 Å². The third-order valence-corrected chi connectivity index (χ3v) is 2.82. The minimum Gasteiger partial charge on any atom is -0.352 e. The third-order valence-electron chi connectivity index (χ3n) is 2.82. The van der Waals surface area contributed by atoms with Crippen molar-refractivity contribution in [2.24, 2.45) is 0 Å². The van der Waals surface area contributed by atoms with E-state index in [9.17, 15) is 13.2 Å². The third kappa shape index (κ3) is 2.73. The topological polar surface area (TPSA) is 39.9 Å². The van der Waals surface area contributed by atoms with Crippen LogP contribution in [0.4, 0.5) is 19.0 Å². The fourth-order valence-electron chi connectivity index (χ4n) is 1.87. The molecule has 0 radical (unpaired) electrons. The van der Waals surface area contributed by atoms with Gasteiger partial charge in [0.2, 0.25) is 0 Å². The standard InChI is InChI=1S/C12H12F3N3/c13-12(14,15)10-3-1-7-17-11(10)18(8-2-6-16)9-4-5-9/h1,3,7,9H,2,4-5,8H2. The largest absolute Gasteiger partial charge is 0.419 e. The van der Waals surface area contributed by atoms with Crippen molar-refractivity contribution >= 4 is 5.82 Å². The molecule has 0 N–H and O–H groups in total. The van der Waals surface area contributed by atoms with Crippen molar-refractivity contribution in [2.45, 2.75) is 31.5 Å². The first-order chi connectivity index (χ1) is 8.54. The van der Waals surface area contributed by atoms with Crippen LogP contribution in [0.3, 0.4) is 0 Å². The molecule has 1 fully saturated rings. The van der Waals surface area contributed by atoms with Crippen LogP contribution in [-0.4, -0.2) is 17.6 Å². The van der Waals surface area contributed by atoms with Crippen LogP contribution in [-0.2, 0) is 6.18 Å². The Hall–Kier alpha value is -1.77. The first-order valence-electron chi connectivity index (χ1n) is 5.70. The lowest BCUT2D eigenvalue weighted by molar-refractivity contribution is -0.137. The van der Waals surface area contributed by atoms with E-state index < -0.39 is 11.7 Å². The van der Waals surface area contributed by atoms with Gasteiger partial charge >= 0.3 is 6.18 Å². The van der Waals surface area contributed by atoms with E-state index in [0.717, 1.165) is 18.9 Å². The molecule has 0 aliphatic heterocycles. The van der Waals surface area contributed by atoms with Crippen LogP contribution in [0.15, 0.2) is 18.3 Å². The number of nitriles is 1. The Bertz CT molecular complexity index is 460. The Morgan fingerprint density at radius 3 is 2.72 bits per heavy atom. The lowest BCUT2D eigenvalue weighted by atomic mass is 10.2. The van der Waals surface area contributed by atoms with Crippen molar-refractivity contribution in [2.75, 3.05) is 11.4 Å². The van der Waals surface area contributed by atoms with Gasteiger partial charge in [0.25, 0.3) is 0 Å². The highest BCUT2D eigenvalue weighted by Gasteiger charge is 2.39. The van der Waals surface area contributed by atoms with E-state index >= 15 is 0 Å². The Morgan fingerprint density at radius 2 is 2.17 bits per heavy atom. The minimum atomic E-state index is -4.41. The molecule has 0 atom stereocenters. The predicted octanol–water partition coefficient (Wildman–Crippen LogP) is 2.98. The van der Waals surface area contributed by atoms with Gasteiger partial charge in [0.05, 0.1) is 18.1 Å². The number of nitrogens with zero attached hydrogens (tertiary/aromatic N) is 3. The van der Waals surface area contributed by atoms with Crippen molar-refractivity contribution in [1.29, 1.82) is 5.26 Å². The maximum absolute atomic E-state index is 12.9. The maximum Gasteiger partial charge on any atom is 0.419 e. The lowest BCUT2D eigenvalue weighted by Crippen LogP contribution is -2.30. The highest BCUT2D eigenvalue weighted by atomic mass is 19.4.